The third-order valence-corrected chi connectivity index (χ3v) is 2.67. The number of methoxy groups -OCH3 is 1. The quantitative estimate of drug-likeness (QED) is 0.759. The lowest BCUT2D eigenvalue weighted by atomic mass is 10.3. The van der Waals surface area contributed by atoms with Crippen LogP contribution in [0.4, 0.5) is 5.69 Å². The van der Waals surface area contributed by atoms with Gasteiger partial charge in [0.15, 0.2) is 0 Å². The molecule has 0 bridgehead atoms. The van der Waals surface area contributed by atoms with Crippen molar-refractivity contribution in [2.75, 3.05) is 25.6 Å². The van der Waals surface area contributed by atoms with Gasteiger partial charge in [-0.05, 0) is 24.3 Å². The maximum absolute atomic E-state index is 9.17. The van der Waals surface area contributed by atoms with Crippen molar-refractivity contribution in [1.82, 2.24) is 4.98 Å². The smallest absolute Gasteiger partial charge is 0.133 e. The molecule has 0 saturated carbocycles. The lowest BCUT2D eigenvalue weighted by Crippen LogP contribution is -2.05. The fourth-order valence-electron chi connectivity index (χ4n) is 1.65. The van der Waals surface area contributed by atoms with Gasteiger partial charge in [-0.15, -0.1) is 0 Å². The summed E-state index contributed by atoms with van der Waals surface area (Å²) in [5, 5.41) is 12.4. The van der Waals surface area contributed by atoms with Crippen molar-refractivity contribution in [1.29, 1.82) is 0 Å². The van der Waals surface area contributed by atoms with Crippen LogP contribution in [0.1, 0.15) is 5.69 Å². The molecule has 2 rings (SSSR count). The van der Waals surface area contributed by atoms with Crippen molar-refractivity contribution >= 4 is 5.69 Å². The molecule has 106 valence electrons. The molecular weight excluding hydrogens is 256 g/mol. The number of pyridine rings is 1. The average molecular weight is 274 g/mol. The van der Waals surface area contributed by atoms with Gasteiger partial charge in [0.2, 0.25) is 0 Å². The third kappa shape index (κ3) is 4.44. The molecule has 1 aromatic heterocycles. The fourth-order valence-corrected chi connectivity index (χ4v) is 1.65. The van der Waals surface area contributed by atoms with E-state index in [-0.39, 0.29) is 5.75 Å². The molecule has 1 heterocycles. The zero-order chi connectivity index (χ0) is 14.2. The Balaban J connectivity index is 1.89. The number of nitrogens with zero attached hydrogens (tertiary/aromatic N) is 1. The SMILES string of the molecule is COCCOc1cccc(NCc2ccc(O)cn2)c1. The second kappa shape index (κ2) is 7.35. The molecule has 0 atom stereocenters. The maximum Gasteiger partial charge on any atom is 0.133 e. The Hall–Kier alpha value is -2.27. The van der Waals surface area contributed by atoms with Gasteiger partial charge in [0.05, 0.1) is 25.0 Å². The highest BCUT2D eigenvalue weighted by atomic mass is 16.5. The first-order chi connectivity index (χ1) is 9.78. The molecule has 0 saturated heterocycles. The second-order valence-corrected chi connectivity index (χ2v) is 4.23. The van der Waals surface area contributed by atoms with Crippen LogP contribution in [0.3, 0.4) is 0 Å². The fraction of sp³-hybridized carbons (Fsp3) is 0.267. The summed E-state index contributed by atoms with van der Waals surface area (Å²) in [6.07, 6.45) is 1.43. The number of nitrogens with one attached hydrogen (secondary N) is 1. The van der Waals surface area contributed by atoms with Gasteiger partial charge in [0.1, 0.15) is 18.1 Å². The first-order valence-electron chi connectivity index (χ1n) is 6.37. The van der Waals surface area contributed by atoms with Crippen LogP contribution in [0, 0.1) is 0 Å². The monoisotopic (exact) mass is 274 g/mol. The summed E-state index contributed by atoms with van der Waals surface area (Å²) >= 11 is 0. The number of rotatable bonds is 7. The molecule has 0 spiro atoms. The van der Waals surface area contributed by atoms with Crippen molar-refractivity contribution in [3.05, 3.63) is 48.3 Å². The van der Waals surface area contributed by atoms with Gasteiger partial charge >= 0.3 is 0 Å². The number of benzene rings is 1. The zero-order valence-electron chi connectivity index (χ0n) is 11.4. The van der Waals surface area contributed by atoms with E-state index < -0.39 is 0 Å². The van der Waals surface area contributed by atoms with Crippen LogP contribution in [0.25, 0.3) is 0 Å². The molecule has 1 aromatic carbocycles. The average Bonchev–Trinajstić information content (AvgIpc) is 2.47. The van der Waals surface area contributed by atoms with Gasteiger partial charge in [-0.1, -0.05) is 6.07 Å². The van der Waals surface area contributed by atoms with Gasteiger partial charge in [-0.25, -0.2) is 0 Å². The van der Waals surface area contributed by atoms with E-state index in [0.717, 1.165) is 17.1 Å². The lowest BCUT2D eigenvalue weighted by Gasteiger charge is -2.09. The molecule has 0 aliphatic carbocycles. The summed E-state index contributed by atoms with van der Waals surface area (Å²) < 4.78 is 10.5. The number of hydrogen-bond acceptors (Lipinski definition) is 5. The predicted molar refractivity (Wildman–Crippen MR) is 77.0 cm³/mol. The molecular formula is C15H18N2O3. The molecule has 0 aliphatic rings. The Morgan fingerprint density at radius 1 is 1.20 bits per heavy atom. The Morgan fingerprint density at radius 2 is 2.10 bits per heavy atom. The lowest BCUT2D eigenvalue weighted by molar-refractivity contribution is 0.146. The molecule has 0 amide bonds. The molecule has 20 heavy (non-hydrogen) atoms. The van der Waals surface area contributed by atoms with Crippen molar-refractivity contribution in [2.45, 2.75) is 6.54 Å². The van der Waals surface area contributed by atoms with E-state index in [1.165, 1.54) is 6.20 Å². The van der Waals surface area contributed by atoms with Crippen LogP contribution >= 0.6 is 0 Å². The van der Waals surface area contributed by atoms with Crippen LogP contribution in [0.5, 0.6) is 11.5 Å². The first-order valence-corrected chi connectivity index (χ1v) is 6.37. The van der Waals surface area contributed by atoms with Gasteiger partial charge in [0.25, 0.3) is 0 Å². The molecule has 0 aliphatic heterocycles. The number of hydrogen-bond donors (Lipinski definition) is 2. The molecule has 2 aromatic rings. The maximum atomic E-state index is 9.17. The van der Waals surface area contributed by atoms with Gasteiger partial charge in [0, 0.05) is 18.9 Å². The van der Waals surface area contributed by atoms with Crippen LogP contribution in [-0.2, 0) is 11.3 Å². The molecule has 5 nitrogen and oxygen atoms in total. The molecule has 0 radical (unpaired) electrons. The summed E-state index contributed by atoms with van der Waals surface area (Å²) in [4.78, 5) is 4.12. The number of aromatic nitrogens is 1. The highest BCUT2D eigenvalue weighted by Crippen LogP contribution is 2.18. The topological polar surface area (TPSA) is 63.6 Å². The number of aromatic hydroxyl groups is 1. The summed E-state index contributed by atoms with van der Waals surface area (Å²) in [6.45, 7) is 1.68. The summed E-state index contributed by atoms with van der Waals surface area (Å²) in [6, 6.07) is 11.1. The molecule has 0 unspecified atom stereocenters. The van der Waals surface area contributed by atoms with E-state index in [9.17, 15) is 5.11 Å². The first kappa shape index (κ1) is 14.1. The Labute approximate surface area is 118 Å². The van der Waals surface area contributed by atoms with Gasteiger partial charge < -0.3 is 19.9 Å². The molecule has 2 N–H and O–H groups in total. The Kier molecular flexibility index (Phi) is 5.20. The van der Waals surface area contributed by atoms with Crippen molar-refractivity contribution in [3.8, 4) is 11.5 Å². The van der Waals surface area contributed by atoms with E-state index in [2.05, 4.69) is 10.3 Å². The van der Waals surface area contributed by atoms with E-state index in [0.29, 0.717) is 19.8 Å². The van der Waals surface area contributed by atoms with Crippen molar-refractivity contribution in [2.24, 2.45) is 0 Å². The molecule has 5 heteroatoms. The van der Waals surface area contributed by atoms with Gasteiger partial charge in [-0.3, -0.25) is 4.98 Å². The third-order valence-electron chi connectivity index (χ3n) is 2.67. The minimum absolute atomic E-state index is 0.169. The normalized spacial score (nSPS) is 10.2. The predicted octanol–water partition coefficient (Wildman–Crippen LogP) is 2.42. The van der Waals surface area contributed by atoms with Crippen LogP contribution in [0.15, 0.2) is 42.6 Å². The van der Waals surface area contributed by atoms with Crippen LogP contribution in [0.2, 0.25) is 0 Å². The summed E-state index contributed by atoms with van der Waals surface area (Å²) in [5.41, 5.74) is 1.81. The Bertz CT molecular complexity index is 529. The van der Waals surface area contributed by atoms with E-state index in [4.69, 9.17) is 9.47 Å². The van der Waals surface area contributed by atoms with Crippen molar-refractivity contribution < 1.29 is 14.6 Å². The largest absolute Gasteiger partial charge is 0.506 e. The zero-order valence-corrected chi connectivity index (χ0v) is 11.4. The Morgan fingerprint density at radius 3 is 2.85 bits per heavy atom. The molecule has 0 fully saturated rings. The van der Waals surface area contributed by atoms with Crippen LogP contribution in [-0.4, -0.2) is 30.4 Å². The minimum atomic E-state index is 0.169. The highest BCUT2D eigenvalue weighted by Gasteiger charge is 1.99. The van der Waals surface area contributed by atoms with E-state index in [1.807, 2.05) is 24.3 Å². The summed E-state index contributed by atoms with van der Waals surface area (Å²) in [7, 11) is 1.64. The van der Waals surface area contributed by atoms with Crippen LogP contribution < -0.4 is 10.1 Å². The van der Waals surface area contributed by atoms with E-state index in [1.54, 1.807) is 19.2 Å². The minimum Gasteiger partial charge on any atom is -0.506 e. The van der Waals surface area contributed by atoms with Gasteiger partial charge in [-0.2, -0.15) is 0 Å². The second-order valence-electron chi connectivity index (χ2n) is 4.23. The van der Waals surface area contributed by atoms with Crippen molar-refractivity contribution in [3.63, 3.8) is 0 Å². The number of ether oxygens (including phenoxy) is 2. The number of anilines is 1. The van der Waals surface area contributed by atoms with E-state index >= 15 is 0 Å². The highest BCUT2D eigenvalue weighted by molar-refractivity contribution is 5.48. The summed E-state index contributed by atoms with van der Waals surface area (Å²) in [5.74, 6) is 0.966. The standard InChI is InChI=1S/C15H18N2O3/c1-19-7-8-20-15-4-2-3-12(9-15)16-10-13-5-6-14(18)11-17-13/h2-6,9,11,16,18H,7-8,10H2,1H3.